The van der Waals surface area contributed by atoms with Gasteiger partial charge in [0, 0.05) is 16.7 Å². The summed E-state index contributed by atoms with van der Waals surface area (Å²) in [6.07, 6.45) is 0. The molecule has 0 saturated carbocycles. The maximum atomic E-state index is 12.0. The average molecular weight is 414 g/mol. The fourth-order valence-corrected chi connectivity index (χ4v) is 3.39. The second kappa shape index (κ2) is 8.34. The summed E-state index contributed by atoms with van der Waals surface area (Å²) in [5.74, 6) is -0.613. The minimum atomic E-state index is -1.73. The molecule has 0 amide bonds. The predicted molar refractivity (Wildman–Crippen MR) is 107 cm³/mol. The van der Waals surface area contributed by atoms with Crippen molar-refractivity contribution < 1.29 is 19.4 Å². The highest BCUT2D eigenvalue weighted by Crippen LogP contribution is 2.34. The van der Waals surface area contributed by atoms with Gasteiger partial charge in [0.15, 0.2) is 0 Å². The number of hydrogen-bond acceptors (Lipinski definition) is 5. The molecule has 0 bridgehead atoms. The number of nitrogens with zero attached hydrogens (tertiary/aromatic N) is 1. The maximum Gasteiger partial charge on any atom is 0.352 e. The van der Waals surface area contributed by atoms with Gasteiger partial charge in [0.2, 0.25) is 5.60 Å². The summed E-state index contributed by atoms with van der Waals surface area (Å²) in [4.78, 5) is 12.0. The Hall–Kier alpha value is -3.01. The fourth-order valence-electron chi connectivity index (χ4n) is 2.54. The van der Waals surface area contributed by atoms with Gasteiger partial charge in [-0.3, -0.25) is 0 Å². The molecule has 5 nitrogen and oxygen atoms in total. The molecule has 142 valence electrons. The number of carboxylic acids is 1. The lowest BCUT2D eigenvalue weighted by Gasteiger charge is -2.27. The van der Waals surface area contributed by atoms with E-state index >= 15 is 0 Å². The molecule has 0 aliphatic rings. The minimum absolute atomic E-state index is 0.121. The monoisotopic (exact) mass is 413 g/mol. The lowest BCUT2D eigenvalue weighted by atomic mass is 9.95. The Morgan fingerprint density at radius 1 is 1.29 bits per heavy atom. The van der Waals surface area contributed by atoms with Crippen molar-refractivity contribution in [3.63, 3.8) is 0 Å². The summed E-state index contributed by atoms with van der Waals surface area (Å²) in [6.45, 7) is 1.78. The van der Waals surface area contributed by atoms with Crippen LogP contribution < -0.4 is 9.47 Å². The van der Waals surface area contributed by atoms with Crippen molar-refractivity contribution in [3.05, 3.63) is 81.0 Å². The van der Waals surface area contributed by atoms with Gasteiger partial charge in [-0.05, 0) is 53.6 Å². The first-order valence-corrected chi connectivity index (χ1v) is 9.61. The van der Waals surface area contributed by atoms with Gasteiger partial charge in [-0.25, -0.2) is 4.79 Å². The molecule has 28 heavy (non-hydrogen) atoms. The van der Waals surface area contributed by atoms with Crippen molar-refractivity contribution in [2.45, 2.75) is 19.1 Å². The molecular weight excluding hydrogens is 398 g/mol. The van der Waals surface area contributed by atoms with E-state index in [0.717, 1.165) is 5.56 Å². The molecule has 0 spiro atoms. The van der Waals surface area contributed by atoms with Crippen LogP contribution in [-0.2, 0) is 17.0 Å². The molecule has 0 saturated heterocycles. The van der Waals surface area contributed by atoms with Gasteiger partial charge in [0.05, 0.1) is 5.56 Å². The van der Waals surface area contributed by atoms with Crippen LogP contribution in [0.3, 0.4) is 0 Å². The molecule has 7 heteroatoms. The molecule has 1 N–H and O–H groups in total. The number of halogens is 1. The third-order valence-corrected chi connectivity index (χ3v) is 5.12. The Labute approximate surface area is 171 Å². The highest BCUT2D eigenvalue weighted by Gasteiger charge is 2.38. The molecule has 0 aliphatic heterocycles. The summed E-state index contributed by atoms with van der Waals surface area (Å²) in [5, 5.41) is 23.5. The van der Waals surface area contributed by atoms with E-state index in [1.165, 1.54) is 19.1 Å². The van der Waals surface area contributed by atoms with Crippen LogP contribution in [0.5, 0.6) is 11.5 Å². The van der Waals surface area contributed by atoms with Crippen molar-refractivity contribution in [2.24, 2.45) is 0 Å². The normalized spacial score (nSPS) is 12.6. The van der Waals surface area contributed by atoms with Gasteiger partial charge in [-0.2, -0.15) is 16.6 Å². The van der Waals surface area contributed by atoms with E-state index in [9.17, 15) is 15.2 Å². The Balaban J connectivity index is 1.92. The van der Waals surface area contributed by atoms with Crippen LogP contribution >= 0.6 is 22.9 Å². The van der Waals surface area contributed by atoms with Crippen molar-refractivity contribution in [3.8, 4) is 17.6 Å². The summed E-state index contributed by atoms with van der Waals surface area (Å²) in [6, 6.07) is 15.1. The standard InChI is InChI=1S/C21H16ClNO4S/c1-21(20(24)25,16-3-2-4-17(22)9-16)27-19-10-18(6-5-15(19)11-23)26-12-14-7-8-28-13-14/h2-10,13H,12H2,1H3,(H,24,25). The third kappa shape index (κ3) is 4.28. The van der Waals surface area contributed by atoms with Crippen LogP contribution in [-0.4, -0.2) is 11.1 Å². The Morgan fingerprint density at radius 2 is 2.11 bits per heavy atom. The molecular formula is C21H16ClNO4S. The smallest absolute Gasteiger partial charge is 0.352 e. The minimum Gasteiger partial charge on any atom is -0.489 e. The largest absolute Gasteiger partial charge is 0.489 e. The fraction of sp³-hybridized carbons (Fsp3) is 0.143. The summed E-state index contributed by atoms with van der Waals surface area (Å²) in [5.41, 5.74) is -0.146. The molecule has 2 aromatic carbocycles. The zero-order valence-corrected chi connectivity index (χ0v) is 16.5. The highest BCUT2D eigenvalue weighted by atomic mass is 35.5. The third-order valence-electron chi connectivity index (χ3n) is 4.16. The van der Waals surface area contributed by atoms with Crippen LogP contribution in [0, 0.1) is 11.3 Å². The number of ether oxygens (including phenoxy) is 2. The lowest BCUT2D eigenvalue weighted by molar-refractivity contribution is -0.154. The van der Waals surface area contributed by atoms with Gasteiger partial charge in [-0.1, -0.05) is 23.7 Å². The molecule has 0 radical (unpaired) electrons. The van der Waals surface area contributed by atoms with E-state index < -0.39 is 11.6 Å². The number of benzene rings is 2. The van der Waals surface area contributed by atoms with E-state index in [1.54, 1.807) is 41.7 Å². The van der Waals surface area contributed by atoms with Crippen molar-refractivity contribution in [1.29, 1.82) is 5.26 Å². The first-order valence-electron chi connectivity index (χ1n) is 8.29. The zero-order valence-electron chi connectivity index (χ0n) is 14.9. The van der Waals surface area contributed by atoms with E-state index in [-0.39, 0.29) is 11.3 Å². The number of rotatable bonds is 7. The van der Waals surface area contributed by atoms with Crippen LogP contribution in [0.2, 0.25) is 5.02 Å². The van der Waals surface area contributed by atoms with Gasteiger partial charge in [-0.15, -0.1) is 0 Å². The maximum absolute atomic E-state index is 12.0. The Kier molecular flexibility index (Phi) is 5.88. The molecule has 0 aliphatic carbocycles. The van der Waals surface area contributed by atoms with Crippen molar-refractivity contribution in [2.75, 3.05) is 0 Å². The highest BCUT2D eigenvalue weighted by molar-refractivity contribution is 7.07. The summed E-state index contributed by atoms with van der Waals surface area (Å²) in [7, 11) is 0. The molecule has 3 aromatic rings. The van der Waals surface area contributed by atoms with Crippen LogP contribution in [0.25, 0.3) is 0 Å². The van der Waals surface area contributed by atoms with Gasteiger partial charge in [0.1, 0.15) is 24.2 Å². The first-order chi connectivity index (χ1) is 13.4. The second-order valence-corrected chi connectivity index (χ2v) is 7.36. The summed E-state index contributed by atoms with van der Waals surface area (Å²) < 4.78 is 11.6. The molecule has 1 atom stereocenters. The van der Waals surface area contributed by atoms with Gasteiger partial charge < -0.3 is 14.6 Å². The lowest BCUT2D eigenvalue weighted by Crippen LogP contribution is -2.38. The predicted octanol–water partition coefficient (Wildman–Crippen LogP) is 5.23. The van der Waals surface area contributed by atoms with Crippen LogP contribution in [0.4, 0.5) is 0 Å². The molecule has 1 unspecified atom stereocenters. The van der Waals surface area contributed by atoms with E-state index in [4.69, 9.17) is 21.1 Å². The second-order valence-electron chi connectivity index (χ2n) is 6.14. The molecule has 1 heterocycles. The average Bonchev–Trinajstić information content (AvgIpc) is 3.20. The number of aliphatic carboxylic acids is 1. The van der Waals surface area contributed by atoms with E-state index in [2.05, 4.69) is 0 Å². The number of thiophene rings is 1. The SMILES string of the molecule is CC(Oc1cc(OCc2ccsc2)ccc1C#N)(C(=O)O)c1cccc(Cl)c1. The quantitative estimate of drug-likeness (QED) is 0.573. The van der Waals surface area contributed by atoms with E-state index in [1.807, 2.05) is 22.9 Å². The van der Waals surface area contributed by atoms with Crippen molar-refractivity contribution in [1.82, 2.24) is 0 Å². The van der Waals surface area contributed by atoms with E-state index in [0.29, 0.717) is 22.9 Å². The van der Waals surface area contributed by atoms with Gasteiger partial charge in [0.25, 0.3) is 0 Å². The number of hydrogen-bond donors (Lipinski definition) is 1. The molecule has 0 fully saturated rings. The first kappa shape index (κ1) is 19.7. The van der Waals surface area contributed by atoms with Crippen LogP contribution in [0.15, 0.2) is 59.3 Å². The number of nitriles is 1. The Bertz CT molecular complexity index is 1030. The number of carboxylic acid groups (broad SMARTS) is 1. The summed E-state index contributed by atoms with van der Waals surface area (Å²) >= 11 is 7.58. The topological polar surface area (TPSA) is 79.5 Å². The Morgan fingerprint density at radius 3 is 2.75 bits per heavy atom. The molecule has 3 rings (SSSR count). The van der Waals surface area contributed by atoms with Gasteiger partial charge >= 0.3 is 5.97 Å². The zero-order chi connectivity index (χ0) is 20.1. The number of carbonyl (C=O) groups is 1. The molecule has 1 aromatic heterocycles. The van der Waals surface area contributed by atoms with Crippen molar-refractivity contribution >= 4 is 28.9 Å². The van der Waals surface area contributed by atoms with Crippen LogP contribution in [0.1, 0.15) is 23.6 Å².